The highest BCUT2D eigenvalue weighted by Crippen LogP contribution is 2.05. The second-order valence-corrected chi connectivity index (χ2v) is 4.82. The van der Waals surface area contributed by atoms with E-state index in [4.69, 9.17) is 4.74 Å². The first-order chi connectivity index (χ1) is 8.72. The molecule has 0 aliphatic carbocycles. The van der Waals surface area contributed by atoms with Crippen molar-refractivity contribution in [2.24, 2.45) is 0 Å². The Labute approximate surface area is 111 Å². The largest absolute Gasteiger partial charge is 0.385 e. The molecule has 3 nitrogen and oxygen atoms in total. The molecule has 0 saturated heterocycles. The van der Waals surface area contributed by atoms with Crippen molar-refractivity contribution in [2.75, 3.05) is 40.4 Å². The topological polar surface area (TPSA) is 24.5 Å². The maximum atomic E-state index is 5.01. The van der Waals surface area contributed by atoms with E-state index < -0.39 is 0 Å². The number of aryl methyl sites for hydroxylation is 1. The van der Waals surface area contributed by atoms with Gasteiger partial charge in [-0.15, -0.1) is 0 Å². The zero-order valence-corrected chi connectivity index (χ0v) is 11.9. The van der Waals surface area contributed by atoms with Gasteiger partial charge in [0.05, 0.1) is 0 Å². The molecule has 0 aliphatic heterocycles. The van der Waals surface area contributed by atoms with Gasteiger partial charge in [-0.2, -0.15) is 0 Å². The van der Waals surface area contributed by atoms with Gasteiger partial charge in [-0.3, -0.25) is 0 Å². The smallest absolute Gasteiger partial charge is 0.0474 e. The summed E-state index contributed by atoms with van der Waals surface area (Å²) in [5.41, 5.74) is 2.72. The Balaban J connectivity index is 2.12. The number of methoxy groups -OCH3 is 1. The lowest BCUT2D eigenvalue weighted by Crippen LogP contribution is -2.29. The highest BCUT2D eigenvalue weighted by atomic mass is 16.5. The SMILES string of the molecule is COCCCNCCN(C)Cc1cccc(C)c1. The van der Waals surface area contributed by atoms with E-state index in [1.54, 1.807) is 7.11 Å². The third kappa shape index (κ3) is 6.74. The Morgan fingerprint density at radius 2 is 2.11 bits per heavy atom. The van der Waals surface area contributed by atoms with Gasteiger partial charge in [0.1, 0.15) is 0 Å². The molecular formula is C15H26N2O. The second-order valence-electron chi connectivity index (χ2n) is 4.82. The van der Waals surface area contributed by atoms with Gasteiger partial charge in [0.15, 0.2) is 0 Å². The van der Waals surface area contributed by atoms with Crippen LogP contribution in [0.3, 0.4) is 0 Å². The molecule has 0 saturated carbocycles. The Morgan fingerprint density at radius 1 is 1.28 bits per heavy atom. The molecule has 1 aromatic rings. The summed E-state index contributed by atoms with van der Waals surface area (Å²) >= 11 is 0. The summed E-state index contributed by atoms with van der Waals surface area (Å²) in [5.74, 6) is 0. The zero-order chi connectivity index (χ0) is 13.2. The average molecular weight is 250 g/mol. The second kappa shape index (κ2) is 9.09. The fourth-order valence-electron chi connectivity index (χ4n) is 1.94. The van der Waals surface area contributed by atoms with Gasteiger partial charge in [-0.05, 0) is 32.5 Å². The van der Waals surface area contributed by atoms with Crippen LogP contribution in [-0.4, -0.2) is 45.3 Å². The first-order valence-corrected chi connectivity index (χ1v) is 6.66. The minimum absolute atomic E-state index is 0.839. The molecule has 0 atom stereocenters. The molecule has 1 aromatic carbocycles. The molecule has 18 heavy (non-hydrogen) atoms. The van der Waals surface area contributed by atoms with E-state index in [1.165, 1.54) is 11.1 Å². The van der Waals surface area contributed by atoms with Gasteiger partial charge in [0, 0.05) is 33.4 Å². The minimum Gasteiger partial charge on any atom is -0.385 e. The van der Waals surface area contributed by atoms with Crippen LogP contribution in [0, 0.1) is 6.92 Å². The van der Waals surface area contributed by atoms with E-state index in [-0.39, 0.29) is 0 Å². The fourth-order valence-corrected chi connectivity index (χ4v) is 1.94. The van der Waals surface area contributed by atoms with E-state index in [2.05, 4.69) is 48.5 Å². The average Bonchev–Trinajstić information content (AvgIpc) is 2.33. The van der Waals surface area contributed by atoms with Gasteiger partial charge in [0.2, 0.25) is 0 Å². The number of rotatable bonds is 9. The highest BCUT2D eigenvalue weighted by molar-refractivity contribution is 5.21. The summed E-state index contributed by atoms with van der Waals surface area (Å²) in [6, 6.07) is 8.71. The molecule has 0 fully saturated rings. The van der Waals surface area contributed by atoms with E-state index in [0.717, 1.165) is 39.2 Å². The van der Waals surface area contributed by atoms with Crippen LogP contribution >= 0.6 is 0 Å². The molecule has 0 radical (unpaired) electrons. The summed E-state index contributed by atoms with van der Waals surface area (Å²) in [4.78, 5) is 2.35. The van der Waals surface area contributed by atoms with Crippen LogP contribution in [0.5, 0.6) is 0 Å². The molecule has 0 aliphatic rings. The van der Waals surface area contributed by atoms with E-state index >= 15 is 0 Å². The third-order valence-corrected chi connectivity index (χ3v) is 2.91. The van der Waals surface area contributed by atoms with Crippen LogP contribution in [-0.2, 0) is 11.3 Å². The third-order valence-electron chi connectivity index (χ3n) is 2.91. The quantitative estimate of drug-likeness (QED) is 0.679. The van der Waals surface area contributed by atoms with E-state index in [9.17, 15) is 0 Å². The van der Waals surface area contributed by atoms with Crippen molar-refractivity contribution in [3.8, 4) is 0 Å². The first kappa shape index (κ1) is 15.2. The molecule has 0 aromatic heterocycles. The molecule has 1 rings (SSSR count). The van der Waals surface area contributed by atoms with Crippen molar-refractivity contribution >= 4 is 0 Å². The number of nitrogens with one attached hydrogen (secondary N) is 1. The molecule has 0 amide bonds. The van der Waals surface area contributed by atoms with Crippen molar-refractivity contribution in [3.05, 3.63) is 35.4 Å². The van der Waals surface area contributed by atoms with Crippen molar-refractivity contribution in [2.45, 2.75) is 19.9 Å². The zero-order valence-electron chi connectivity index (χ0n) is 11.9. The lowest BCUT2D eigenvalue weighted by molar-refractivity contribution is 0.194. The maximum absolute atomic E-state index is 5.01. The Morgan fingerprint density at radius 3 is 2.83 bits per heavy atom. The van der Waals surface area contributed by atoms with Crippen molar-refractivity contribution in [1.29, 1.82) is 0 Å². The Kier molecular flexibility index (Phi) is 7.65. The van der Waals surface area contributed by atoms with Crippen molar-refractivity contribution in [1.82, 2.24) is 10.2 Å². The minimum atomic E-state index is 0.839. The molecule has 0 spiro atoms. The number of likely N-dealkylation sites (N-methyl/N-ethyl adjacent to an activating group) is 1. The van der Waals surface area contributed by atoms with Gasteiger partial charge in [-0.25, -0.2) is 0 Å². The monoisotopic (exact) mass is 250 g/mol. The summed E-state index contributed by atoms with van der Waals surface area (Å²) in [6.07, 6.45) is 1.08. The highest BCUT2D eigenvalue weighted by Gasteiger charge is 2.00. The molecule has 102 valence electrons. The molecule has 0 heterocycles. The summed E-state index contributed by atoms with van der Waals surface area (Å²) in [6.45, 7) is 7.13. The molecule has 0 bridgehead atoms. The van der Waals surface area contributed by atoms with Gasteiger partial charge in [-0.1, -0.05) is 29.8 Å². The predicted molar refractivity (Wildman–Crippen MR) is 76.9 cm³/mol. The molecule has 0 unspecified atom stereocenters. The van der Waals surface area contributed by atoms with Crippen molar-refractivity contribution in [3.63, 3.8) is 0 Å². The fraction of sp³-hybridized carbons (Fsp3) is 0.600. The standard InChI is InChI=1S/C15H26N2O/c1-14-6-4-7-15(12-14)13-17(2)10-9-16-8-5-11-18-3/h4,6-7,12,16H,5,8-11,13H2,1-3H3. The van der Waals surface area contributed by atoms with Crippen LogP contribution in [0.25, 0.3) is 0 Å². The Hall–Kier alpha value is -0.900. The van der Waals surface area contributed by atoms with Gasteiger partial charge < -0.3 is 15.0 Å². The number of nitrogens with zero attached hydrogens (tertiary/aromatic N) is 1. The van der Waals surface area contributed by atoms with E-state index in [1.807, 2.05) is 0 Å². The molecular weight excluding hydrogens is 224 g/mol. The maximum Gasteiger partial charge on any atom is 0.0474 e. The van der Waals surface area contributed by atoms with Gasteiger partial charge in [0.25, 0.3) is 0 Å². The lowest BCUT2D eigenvalue weighted by atomic mass is 10.1. The van der Waals surface area contributed by atoms with Gasteiger partial charge >= 0.3 is 0 Å². The normalized spacial score (nSPS) is 11.1. The van der Waals surface area contributed by atoms with Crippen LogP contribution in [0.2, 0.25) is 0 Å². The van der Waals surface area contributed by atoms with Crippen molar-refractivity contribution < 1.29 is 4.74 Å². The number of benzene rings is 1. The van der Waals surface area contributed by atoms with Crippen LogP contribution in [0.4, 0.5) is 0 Å². The van der Waals surface area contributed by atoms with Crippen LogP contribution < -0.4 is 5.32 Å². The summed E-state index contributed by atoms with van der Waals surface area (Å²) in [7, 11) is 3.91. The lowest BCUT2D eigenvalue weighted by Gasteiger charge is -2.17. The number of ether oxygens (including phenoxy) is 1. The number of hydrogen-bond acceptors (Lipinski definition) is 3. The van der Waals surface area contributed by atoms with Crippen LogP contribution in [0.15, 0.2) is 24.3 Å². The predicted octanol–water partition coefficient (Wildman–Crippen LogP) is 2.05. The number of hydrogen-bond donors (Lipinski definition) is 1. The summed E-state index contributed by atoms with van der Waals surface area (Å²) < 4.78 is 5.01. The summed E-state index contributed by atoms with van der Waals surface area (Å²) in [5, 5.41) is 3.43. The Bertz CT molecular complexity index is 328. The van der Waals surface area contributed by atoms with Crippen LogP contribution in [0.1, 0.15) is 17.5 Å². The first-order valence-electron chi connectivity index (χ1n) is 6.66. The molecule has 1 N–H and O–H groups in total. The van der Waals surface area contributed by atoms with E-state index in [0.29, 0.717) is 0 Å². The molecule has 3 heteroatoms.